The maximum Gasteiger partial charge on any atom is 0.125 e. The first-order valence-electron chi connectivity index (χ1n) is 7.98. The standard InChI is InChI=1S/C18H26ClFO/c1-5-7-12(8-6-2)18(21)15-9-13(20)10-16(19)14(15)11-17(18,3)4/h9-10,12,21H,5-8,11H2,1-4H3. The molecule has 0 aliphatic heterocycles. The van der Waals surface area contributed by atoms with Crippen LogP contribution >= 0.6 is 11.6 Å². The van der Waals surface area contributed by atoms with Gasteiger partial charge < -0.3 is 5.11 Å². The van der Waals surface area contributed by atoms with Gasteiger partial charge in [0.25, 0.3) is 0 Å². The number of hydrogen-bond donors (Lipinski definition) is 1. The molecule has 0 spiro atoms. The number of rotatable bonds is 5. The van der Waals surface area contributed by atoms with Gasteiger partial charge in [0.1, 0.15) is 5.82 Å². The number of halogens is 2. The first-order valence-corrected chi connectivity index (χ1v) is 8.36. The summed E-state index contributed by atoms with van der Waals surface area (Å²) in [5, 5.41) is 12.1. The van der Waals surface area contributed by atoms with E-state index in [9.17, 15) is 9.50 Å². The van der Waals surface area contributed by atoms with Crippen molar-refractivity contribution in [2.45, 2.75) is 65.4 Å². The second-order valence-electron chi connectivity index (χ2n) is 7.02. The molecule has 0 aromatic heterocycles. The molecule has 1 unspecified atom stereocenters. The van der Waals surface area contributed by atoms with Crippen LogP contribution in [0.4, 0.5) is 4.39 Å². The lowest BCUT2D eigenvalue weighted by molar-refractivity contribution is -0.113. The summed E-state index contributed by atoms with van der Waals surface area (Å²) in [7, 11) is 0. The van der Waals surface area contributed by atoms with Crippen molar-refractivity contribution in [3.05, 3.63) is 34.1 Å². The Morgan fingerprint density at radius 2 is 1.81 bits per heavy atom. The van der Waals surface area contributed by atoms with E-state index in [1.165, 1.54) is 12.1 Å². The van der Waals surface area contributed by atoms with Gasteiger partial charge in [0, 0.05) is 10.4 Å². The summed E-state index contributed by atoms with van der Waals surface area (Å²) in [6.07, 6.45) is 4.62. The quantitative estimate of drug-likeness (QED) is 0.765. The zero-order valence-electron chi connectivity index (χ0n) is 13.5. The van der Waals surface area contributed by atoms with Crippen LogP contribution in [0.1, 0.15) is 64.5 Å². The van der Waals surface area contributed by atoms with Crippen molar-refractivity contribution in [3.63, 3.8) is 0 Å². The topological polar surface area (TPSA) is 20.2 Å². The van der Waals surface area contributed by atoms with Crippen molar-refractivity contribution >= 4 is 11.6 Å². The van der Waals surface area contributed by atoms with Gasteiger partial charge in [0.2, 0.25) is 0 Å². The molecule has 1 aliphatic carbocycles. The number of benzene rings is 1. The molecule has 0 bridgehead atoms. The Morgan fingerprint density at radius 3 is 2.33 bits per heavy atom. The summed E-state index contributed by atoms with van der Waals surface area (Å²) in [5.41, 5.74) is 0.300. The summed E-state index contributed by atoms with van der Waals surface area (Å²) >= 11 is 6.24. The predicted octanol–water partition coefficient (Wildman–Crippen LogP) is 5.47. The van der Waals surface area contributed by atoms with Crippen LogP contribution in [-0.2, 0) is 12.0 Å². The molecular weight excluding hydrogens is 287 g/mol. The fraction of sp³-hybridized carbons (Fsp3) is 0.667. The molecule has 1 aromatic carbocycles. The Balaban J connectivity index is 2.60. The molecule has 1 aliphatic rings. The average Bonchev–Trinajstić information content (AvgIpc) is 2.60. The van der Waals surface area contributed by atoms with Crippen LogP contribution in [0, 0.1) is 17.2 Å². The van der Waals surface area contributed by atoms with Gasteiger partial charge in [-0.25, -0.2) is 4.39 Å². The highest BCUT2D eigenvalue weighted by atomic mass is 35.5. The highest BCUT2D eigenvalue weighted by molar-refractivity contribution is 6.31. The van der Waals surface area contributed by atoms with Crippen molar-refractivity contribution < 1.29 is 9.50 Å². The Labute approximate surface area is 132 Å². The summed E-state index contributed by atoms with van der Waals surface area (Å²) in [5.74, 6) is -0.219. The number of hydrogen-bond acceptors (Lipinski definition) is 1. The lowest BCUT2D eigenvalue weighted by atomic mass is 9.65. The number of fused-ring (bicyclic) bond motifs is 1. The van der Waals surface area contributed by atoms with Gasteiger partial charge >= 0.3 is 0 Å². The first-order chi connectivity index (χ1) is 9.77. The molecular formula is C18H26ClFO. The van der Waals surface area contributed by atoms with Crippen LogP contribution in [0.2, 0.25) is 5.02 Å². The summed E-state index contributed by atoms with van der Waals surface area (Å²) in [6.45, 7) is 8.40. The van der Waals surface area contributed by atoms with E-state index in [2.05, 4.69) is 27.7 Å². The molecule has 1 N–H and O–H groups in total. The van der Waals surface area contributed by atoms with Crippen molar-refractivity contribution in [1.29, 1.82) is 0 Å². The molecule has 1 nitrogen and oxygen atoms in total. The maximum atomic E-state index is 13.9. The molecule has 0 radical (unpaired) electrons. The Bertz CT molecular complexity index is 520. The van der Waals surface area contributed by atoms with Crippen molar-refractivity contribution in [2.24, 2.45) is 11.3 Å². The highest BCUT2D eigenvalue weighted by Gasteiger charge is 2.55. The van der Waals surface area contributed by atoms with Crippen LogP contribution in [-0.4, -0.2) is 5.11 Å². The van der Waals surface area contributed by atoms with Gasteiger partial charge in [0.05, 0.1) is 5.60 Å². The summed E-state index contributed by atoms with van der Waals surface area (Å²) in [4.78, 5) is 0. The molecule has 3 heteroatoms. The predicted molar refractivity (Wildman–Crippen MR) is 86.1 cm³/mol. The summed E-state index contributed by atoms with van der Waals surface area (Å²) < 4.78 is 13.9. The molecule has 21 heavy (non-hydrogen) atoms. The number of aliphatic hydroxyl groups is 1. The van der Waals surface area contributed by atoms with E-state index in [1.807, 2.05) is 0 Å². The Hall–Kier alpha value is -0.600. The zero-order chi connectivity index (χ0) is 15.8. The fourth-order valence-corrected chi connectivity index (χ4v) is 4.37. The normalized spacial score (nSPS) is 23.6. The minimum atomic E-state index is -1.000. The van der Waals surface area contributed by atoms with Gasteiger partial charge in [0.15, 0.2) is 0 Å². The third-order valence-electron chi connectivity index (χ3n) is 5.09. The molecule has 0 amide bonds. The lowest BCUT2D eigenvalue weighted by Crippen LogP contribution is -2.45. The van der Waals surface area contributed by atoms with E-state index in [1.54, 1.807) is 0 Å². The minimum Gasteiger partial charge on any atom is -0.384 e. The third kappa shape index (κ3) is 2.61. The molecule has 1 atom stereocenters. The van der Waals surface area contributed by atoms with Gasteiger partial charge in [-0.1, -0.05) is 52.1 Å². The van der Waals surface area contributed by atoms with Crippen molar-refractivity contribution in [2.75, 3.05) is 0 Å². The second kappa shape index (κ2) is 5.89. The Morgan fingerprint density at radius 1 is 1.24 bits per heavy atom. The molecule has 1 aromatic rings. The molecule has 0 fully saturated rings. The van der Waals surface area contributed by atoms with Crippen LogP contribution in [0.15, 0.2) is 12.1 Å². The van der Waals surface area contributed by atoms with E-state index in [0.717, 1.165) is 31.2 Å². The van der Waals surface area contributed by atoms with Gasteiger partial charge in [-0.2, -0.15) is 0 Å². The van der Waals surface area contributed by atoms with E-state index >= 15 is 0 Å². The van der Waals surface area contributed by atoms with Gasteiger partial charge in [-0.3, -0.25) is 0 Å². The first kappa shape index (κ1) is 16.8. The fourth-order valence-electron chi connectivity index (χ4n) is 4.10. The maximum absolute atomic E-state index is 13.9. The van der Waals surface area contributed by atoms with Gasteiger partial charge in [-0.05, 0) is 48.4 Å². The largest absolute Gasteiger partial charge is 0.384 e. The Kier molecular flexibility index (Phi) is 4.70. The van der Waals surface area contributed by atoms with Crippen LogP contribution < -0.4 is 0 Å². The van der Waals surface area contributed by atoms with Crippen molar-refractivity contribution in [3.8, 4) is 0 Å². The molecule has 118 valence electrons. The van der Waals surface area contributed by atoms with Crippen LogP contribution in [0.5, 0.6) is 0 Å². The van der Waals surface area contributed by atoms with E-state index in [4.69, 9.17) is 11.6 Å². The average molecular weight is 313 g/mol. The van der Waals surface area contributed by atoms with Gasteiger partial charge in [-0.15, -0.1) is 0 Å². The second-order valence-corrected chi connectivity index (χ2v) is 7.42. The van der Waals surface area contributed by atoms with Crippen LogP contribution in [0.25, 0.3) is 0 Å². The lowest BCUT2D eigenvalue weighted by Gasteiger charge is -2.44. The smallest absolute Gasteiger partial charge is 0.125 e. The SMILES string of the molecule is CCCC(CCC)C1(O)c2cc(F)cc(Cl)c2CC1(C)C. The van der Waals surface area contributed by atoms with E-state index in [0.29, 0.717) is 17.0 Å². The zero-order valence-corrected chi connectivity index (χ0v) is 14.2. The minimum absolute atomic E-state index is 0.140. The molecule has 0 heterocycles. The monoisotopic (exact) mass is 312 g/mol. The van der Waals surface area contributed by atoms with Crippen LogP contribution in [0.3, 0.4) is 0 Å². The summed E-state index contributed by atoms with van der Waals surface area (Å²) in [6, 6.07) is 2.85. The van der Waals surface area contributed by atoms with Crippen molar-refractivity contribution in [1.82, 2.24) is 0 Å². The van der Waals surface area contributed by atoms with E-state index in [-0.39, 0.29) is 17.2 Å². The highest BCUT2D eigenvalue weighted by Crippen LogP contribution is 2.57. The molecule has 0 saturated heterocycles. The third-order valence-corrected chi connectivity index (χ3v) is 5.42. The molecule has 2 rings (SSSR count). The van der Waals surface area contributed by atoms with E-state index < -0.39 is 5.60 Å². The molecule has 0 saturated carbocycles.